The van der Waals surface area contributed by atoms with E-state index in [0.717, 1.165) is 43.6 Å². The van der Waals surface area contributed by atoms with E-state index in [9.17, 15) is 23.1 Å². The molecule has 2 aliphatic heterocycles. The summed E-state index contributed by atoms with van der Waals surface area (Å²) in [5.74, 6) is -0.163. The summed E-state index contributed by atoms with van der Waals surface area (Å²) >= 11 is 6.45. The number of aliphatic carboxylic acids is 1. The van der Waals surface area contributed by atoms with Crippen molar-refractivity contribution in [1.82, 2.24) is 4.98 Å². The average Bonchev–Trinajstić information content (AvgIpc) is 3.30. The first kappa shape index (κ1) is 26.6. The molecule has 204 valence electrons. The standard InChI is InChI=1S/C27H30ClF3N4O3/c1-15-22(11-25(36)37)35(33-26(15)27(29,30)31)19-7-3-16(4-8-19)9-20-17-5-6-18(20)14-34(13-17)23-10-24(38-2)32-12-21(23)28/h3-4,7-8,10,12,15,17-18,20,22H,5-6,9,11,13-14H2,1-2H3,(H,36,37). The SMILES string of the molecule is COc1cc(N2CC3CCC(C2)C3Cc2ccc(N3N=C(C(F)(F)F)C(C)C3CC(=O)O)cc2)c(Cl)cn1. The number of alkyl halides is 3. The molecule has 2 aromatic rings. The second-order valence-corrected chi connectivity index (χ2v) is 10.9. The third-order valence-electron chi connectivity index (χ3n) is 8.27. The van der Waals surface area contributed by atoms with Gasteiger partial charge in [-0.2, -0.15) is 18.3 Å². The van der Waals surface area contributed by atoms with E-state index in [0.29, 0.717) is 34.3 Å². The van der Waals surface area contributed by atoms with Gasteiger partial charge in [-0.3, -0.25) is 9.80 Å². The van der Waals surface area contributed by atoms with E-state index in [1.165, 1.54) is 11.9 Å². The molecule has 0 radical (unpaired) electrons. The number of rotatable bonds is 7. The highest BCUT2D eigenvalue weighted by Crippen LogP contribution is 2.46. The molecule has 3 aliphatic rings. The molecule has 38 heavy (non-hydrogen) atoms. The molecular formula is C27H30ClF3N4O3. The van der Waals surface area contributed by atoms with Crippen molar-refractivity contribution in [3.05, 3.63) is 47.1 Å². The monoisotopic (exact) mass is 550 g/mol. The molecule has 11 heteroatoms. The first-order chi connectivity index (χ1) is 18.0. The summed E-state index contributed by atoms with van der Waals surface area (Å²) in [6.07, 6.45) is -0.258. The molecular weight excluding hydrogens is 521 g/mol. The Morgan fingerprint density at radius 1 is 1.18 bits per heavy atom. The van der Waals surface area contributed by atoms with Crippen molar-refractivity contribution in [2.75, 3.05) is 30.1 Å². The van der Waals surface area contributed by atoms with Crippen LogP contribution in [0.4, 0.5) is 24.5 Å². The molecule has 2 fully saturated rings. The smallest absolute Gasteiger partial charge is 0.431 e. The zero-order valence-corrected chi connectivity index (χ0v) is 21.9. The lowest BCUT2D eigenvalue weighted by molar-refractivity contribution is -0.137. The minimum atomic E-state index is -4.61. The van der Waals surface area contributed by atoms with Crippen LogP contribution in [0.3, 0.4) is 0 Å². The molecule has 1 aliphatic carbocycles. The quantitative estimate of drug-likeness (QED) is 0.479. The second kappa shape index (κ2) is 10.3. The predicted octanol–water partition coefficient (Wildman–Crippen LogP) is 5.67. The molecule has 1 aromatic carbocycles. The Balaban J connectivity index is 1.29. The average molecular weight is 551 g/mol. The molecule has 4 unspecified atom stereocenters. The molecule has 7 nitrogen and oxygen atoms in total. The number of benzene rings is 1. The number of hydrogen-bond donors (Lipinski definition) is 1. The number of pyridine rings is 1. The molecule has 1 saturated carbocycles. The van der Waals surface area contributed by atoms with Gasteiger partial charge in [-0.25, -0.2) is 4.98 Å². The molecule has 0 spiro atoms. The number of fused-ring (bicyclic) bond motifs is 2. The van der Waals surface area contributed by atoms with Crippen molar-refractivity contribution in [3.63, 3.8) is 0 Å². The minimum absolute atomic E-state index is 0.429. The number of piperidine rings is 1. The molecule has 2 bridgehead atoms. The maximum absolute atomic E-state index is 13.5. The Morgan fingerprint density at radius 2 is 1.84 bits per heavy atom. The lowest BCUT2D eigenvalue weighted by atomic mass is 9.80. The van der Waals surface area contributed by atoms with Gasteiger partial charge in [0.2, 0.25) is 5.88 Å². The van der Waals surface area contributed by atoms with Crippen LogP contribution in [0.5, 0.6) is 5.88 Å². The Labute approximate surface area is 224 Å². The lowest BCUT2D eigenvalue weighted by Gasteiger charge is -2.40. The predicted molar refractivity (Wildman–Crippen MR) is 139 cm³/mol. The number of carbonyl (C=O) groups is 1. The van der Waals surface area contributed by atoms with Crippen LogP contribution >= 0.6 is 11.6 Å². The van der Waals surface area contributed by atoms with Gasteiger partial charge < -0.3 is 14.7 Å². The van der Waals surface area contributed by atoms with Crippen molar-refractivity contribution < 1.29 is 27.8 Å². The molecule has 1 aromatic heterocycles. The summed E-state index contributed by atoms with van der Waals surface area (Å²) in [5, 5.41) is 14.9. The fourth-order valence-corrected chi connectivity index (χ4v) is 6.59. The number of halogens is 4. The van der Waals surface area contributed by atoms with E-state index < -0.39 is 36.2 Å². The topological polar surface area (TPSA) is 78.3 Å². The van der Waals surface area contributed by atoms with Crippen molar-refractivity contribution >= 4 is 34.7 Å². The number of hydrogen-bond acceptors (Lipinski definition) is 6. The van der Waals surface area contributed by atoms with Crippen LogP contribution in [-0.4, -0.2) is 54.2 Å². The van der Waals surface area contributed by atoms with Gasteiger partial charge in [-0.05, 0) is 54.7 Å². The highest BCUT2D eigenvalue weighted by molar-refractivity contribution is 6.33. The number of hydrazone groups is 1. The van der Waals surface area contributed by atoms with Crippen LogP contribution < -0.4 is 14.6 Å². The summed E-state index contributed by atoms with van der Waals surface area (Å²) in [4.78, 5) is 17.9. The van der Waals surface area contributed by atoms with Gasteiger partial charge in [-0.1, -0.05) is 30.7 Å². The van der Waals surface area contributed by atoms with Crippen molar-refractivity contribution in [2.45, 2.75) is 44.8 Å². The lowest BCUT2D eigenvalue weighted by Crippen LogP contribution is -2.42. The Bertz CT molecular complexity index is 1210. The number of carboxylic acid groups (broad SMARTS) is 1. The van der Waals surface area contributed by atoms with E-state index >= 15 is 0 Å². The van der Waals surface area contributed by atoms with Gasteiger partial charge in [0.1, 0.15) is 5.71 Å². The Hall–Kier alpha value is -3.01. The molecule has 1 N–H and O–H groups in total. The fourth-order valence-electron chi connectivity index (χ4n) is 6.37. The summed E-state index contributed by atoms with van der Waals surface area (Å²) in [5.41, 5.74) is 1.57. The van der Waals surface area contributed by atoms with Gasteiger partial charge in [0.05, 0.1) is 42.2 Å². The van der Waals surface area contributed by atoms with Crippen LogP contribution in [0.25, 0.3) is 0 Å². The largest absolute Gasteiger partial charge is 0.481 e. The third-order valence-corrected chi connectivity index (χ3v) is 8.56. The summed E-state index contributed by atoms with van der Waals surface area (Å²) in [7, 11) is 1.58. The summed E-state index contributed by atoms with van der Waals surface area (Å²) < 4.78 is 45.7. The number of nitrogens with zero attached hydrogens (tertiary/aromatic N) is 4. The number of methoxy groups -OCH3 is 1. The number of aromatic nitrogens is 1. The van der Waals surface area contributed by atoms with Crippen LogP contribution in [0, 0.1) is 23.7 Å². The third kappa shape index (κ3) is 5.15. The maximum Gasteiger partial charge on any atom is 0.431 e. The van der Waals surface area contributed by atoms with E-state index in [-0.39, 0.29) is 0 Å². The Kier molecular flexibility index (Phi) is 7.19. The van der Waals surface area contributed by atoms with Gasteiger partial charge in [0, 0.05) is 25.1 Å². The van der Waals surface area contributed by atoms with E-state index in [1.54, 1.807) is 25.4 Å². The van der Waals surface area contributed by atoms with E-state index in [4.69, 9.17) is 16.3 Å². The van der Waals surface area contributed by atoms with Crippen molar-refractivity contribution in [1.29, 1.82) is 0 Å². The number of carboxylic acids is 1. The van der Waals surface area contributed by atoms with Crippen molar-refractivity contribution in [2.24, 2.45) is 28.8 Å². The molecule has 4 atom stereocenters. The van der Waals surface area contributed by atoms with E-state index in [2.05, 4.69) is 15.0 Å². The zero-order chi connectivity index (χ0) is 27.2. The highest BCUT2D eigenvalue weighted by Gasteiger charge is 2.49. The van der Waals surface area contributed by atoms with Crippen LogP contribution in [-0.2, 0) is 11.2 Å². The molecule has 3 heterocycles. The van der Waals surface area contributed by atoms with Gasteiger partial charge in [-0.15, -0.1) is 0 Å². The van der Waals surface area contributed by atoms with Crippen LogP contribution in [0.1, 0.15) is 31.7 Å². The molecule has 0 amide bonds. The maximum atomic E-state index is 13.5. The minimum Gasteiger partial charge on any atom is -0.481 e. The number of ether oxygens (including phenoxy) is 1. The molecule has 1 saturated heterocycles. The number of anilines is 2. The second-order valence-electron chi connectivity index (χ2n) is 10.5. The zero-order valence-electron chi connectivity index (χ0n) is 21.2. The highest BCUT2D eigenvalue weighted by atomic mass is 35.5. The first-order valence-electron chi connectivity index (χ1n) is 12.7. The first-order valence-corrected chi connectivity index (χ1v) is 13.1. The van der Waals surface area contributed by atoms with Gasteiger partial charge in [0.25, 0.3) is 0 Å². The Morgan fingerprint density at radius 3 is 2.42 bits per heavy atom. The normalized spacial score (nSPS) is 27.0. The fraction of sp³-hybridized carbons (Fsp3) is 0.519. The van der Waals surface area contributed by atoms with Gasteiger partial charge in [0.15, 0.2) is 0 Å². The summed E-state index contributed by atoms with van der Waals surface area (Å²) in [6, 6.07) is 8.34. The summed E-state index contributed by atoms with van der Waals surface area (Å²) in [6.45, 7) is 3.17. The van der Waals surface area contributed by atoms with E-state index in [1.807, 2.05) is 18.2 Å². The molecule has 5 rings (SSSR count). The van der Waals surface area contributed by atoms with Crippen molar-refractivity contribution in [3.8, 4) is 5.88 Å². The van der Waals surface area contributed by atoms with Crippen LogP contribution in [0.15, 0.2) is 41.6 Å². The van der Waals surface area contributed by atoms with Crippen LogP contribution in [0.2, 0.25) is 5.02 Å². The van der Waals surface area contributed by atoms with Gasteiger partial charge >= 0.3 is 12.1 Å².